The van der Waals surface area contributed by atoms with Crippen LogP contribution in [-0.4, -0.2) is 23.0 Å². The lowest BCUT2D eigenvalue weighted by atomic mass is 9.63. The number of amides is 1. The standard InChI is InChI=1S/C14H23NO3/c1-9(2)8-14(4-3-5-14)13(18)15-11-6-10(7-11)12(16)17/h9-11H,3-8H2,1-2H3,(H,15,18)(H,16,17). The van der Waals surface area contributed by atoms with Gasteiger partial charge in [-0.1, -0.05) is 20.3 Å². The molecule has 2 fully saturated rings. The SMILES string of the molecule is CC(C)CC1(C(=O)NC2CC(C(=O)O)C2)CCC1. The van der Waals surface area contributed by atoms with Crippen molar-refractivity contribution in [2.45, 2.75) is 58.4 Å². The zero-order valence-electron chi connectivity index (χ0n) is 11.2. The molecule has 2 saturated carbocycles. The Morgan fingerprint density at radius 3 is 2.33 bits per heavy atom. The van der Waals surface area contributed by atoms with E-state index in [2.05, 4.69) is 19.2 Å². The molecule has 4 heteroatoms. The molecule has 0 aromatic heterocycles. The van der Waals surface area contributed by atoms with Crippen LogP contribution >= 0.6 is 0 Å². The monoisotopic (exact) mass is 253 g/mol. The molecule has 0 atom stereocenters. The van der Waals surface area contributed by atoms with Gasteiger partial charge in [-0.25, -0.2) is 0 Å². The van der Waals surface area contributed by atoms with Crippen LogP contribution in [0.2, 0.25) is 0 Å². The molecule has 0 radical (unpaired) electrons. The van der Waals surface area contributed by atoms with Crippen molar-refractivity contribution < 1.29 is 14.7 Å². The quantitative estimate of drug-likeness (QED) is 0.789. The number of rotatable bonds is 5. The van der Waals surface area contributed by atoms with E-state index in [0.717, 1.165) is 25.7 Å². The number of aliphatic carboxylic acids is 1. The zero-order valence-corrected chi connectivity index (χ0v) is 11.2. The summed E-state index contributed by atoms with van der Waals surface area (Å²) in [6, 6.07) is 0.0863. The molecule has 4 nitrogen and oxygen atoms in total. The van der Waals surface area contributed by atoms with Crippen LogP contribution in [0.3, 0.4) is 0 Å². The Morgan fingerprint density at radius 2 is 1.94 bits per heavy atom. The first kappa shape index (κ1) is 13.4. The molecule has 0 aromatic rings. The second kappa shape index (κ2) is 4.90. The third kappa shape index (κ3) is 2.52. The third-order valence-corrected chi connectivity index (χ3v) is 4.41. The smallest absolute Gasteiger partial charge is 0.306 e. The summed E-state index contributed by atoms with van der Waals surface area (Å²) in [6.07, 6.45) is 5.27. The minimum absolute atomic E-state index is 0.0863. The Labute approximate surface area is 108 Å². The molecule has 2 aliphatic carbocycles. The summed E-state index contributed by atoms with van der Waals surface area (Å²) >= 11 is 0. The average Bonchev–Trinajstić information content (AvgIpc) is 2.15. The van der Waals surface area contributed by atoms with Gasteiger partial charge < -0.3 is 10.4 Å². The van der Waals surface area contributed by atoms with Crippen LogP contribution in [-0.2, 0) is 9.59 Å². The third-order valence-electron chi connectivity index (χ3n) is 4.41. The van der Waals surface area contributed by atoms with Crippen molar-refractivity contribution in [1.82, 2.24) is 5.32 Å². The molecular weight excluding hydrogens is 230 g/mol. The van der Waals surface area contributed by atoms with E-state index in [0.29, 0.717) is 18.8 Å². The molecule has 0 saturated heterocycles. The van der Waals surface area contributed by atoms with Crippen molar-refractivity contribution in [2.75, 3.05) is 0 Å². The van der Waals surface area contributed by atoms with Crippen molar-refractivity contribution in [1.29, 1.82) is 0 Å². The molecule has 0 heterocycles. The molecule has 2 N–H and O–H groups in total. The molecule has 2 aliphatic rings. The highest BCUT2D eigenvalue weighted by molar-refractivity contribution is 5.84. The van der Waals surface area contributed by atoms with E-state index in [1.54, 1.807) is 0 Å². The van der Waals surface area contributed by atoms with Crippen molar-refractivity contribution >= 4 is 11.9 Å². The lowest BCUT2D eigenvalue weighted by molar-refractivity contribution is -0.148. The summed E-state index contributed by atoms with van der Waals surface area (Å²) in [4.78, 5) is 23.0. The second-order valence-corrected chi connectivity index (χ2v) is 6.41. The Bertz CT molecular complexity index is 341. The second-order valence-electron chi connectivity index (χ2n) is 6.41. The van der Waals surface area contributed by atoms with Gasteiger partial charge in [0.2, 0.25) is 5.91 Å². The highest BCUT2D eigenvalue weighted by atomic mass is 16.4. The minimum atomic E-state index is -0.735. The van der Waals surface area contributed by atoms with Crippen molar-refractivity contribution in [3.05, 3.63) is 0 Å². The van der Waals surface area contributed by atoms with Gasteiger partial charge >= 0.3 is 5.97 Å². The fourth-order valence-corrected chi connectivity index (χ4v) is 3.18. The van der Waals surface area contributed by atoms with Gasteiger partial charge in [-0.05, 0) is 38.0 Å². The summed E-state index contributed by atoms with van der Waals surface area (Å²) < 4.78 is 0. The fourth-order valence-electron chi connectivity index (χ4n) is 3.18. The number of nitrogens with one attached hydrogen (secondary N) is 1. The minimum Gasteiger partial charge on any atom is -0.481 e. The molecule has 0 spiro atoms. The topological polar surface area (TPSA) is 66.4 Å². The van der Waals surface area contributed by atoms with Crippen LogP contribution in [0, 0.1) is 17.3 Å². The zero-order chi connectivity index (χ0) is 13.3. The number of carbonyl (C=O) groups is 2. The maximum absolute atomic E-state index is 12.3. The van der Waals surface area contributed by atoms with E-state index in [9.17, 15) is 9.59 Å². The maximum Gasteiger partial charge on any atom is 0.306 e. The number of hydrogen-bond donors (Lipinski definition) is 2. The predicted octanol–water partition coefficient (Wildman–Crippen LogP) is 2.18. The van der Waals surface area contributed by atoms with Crippen molar-refractivity contribution in [3.8, 4) is 0 Å². The first-order chi connectivity index (χ1) is 8.43. The van der Waals surface area contributed by atoms with Crippen LogP contribution in [0.25, 0.3) is 0 Å². The first-order valence-corrected chi connectivity index (χ1v) is 6.97. The summed E-state index contributed by atoms with van der Waals surface area (Å²) in [6.45, 7) is 4.30. The molecular formula is C14H23NO3. The first-order valence-electron chi connectivity index (χ1n) is 6.97. The number of carboxylic acid groups (broad SMARTS) is 1. The highest BCUT2D eigenvalue weighted by Gasteiger charge is 2.46. The molecule has 2 rings (SSSR count). The van der Waals surface area contributed by atoms with Crippen LogP contribution in [0.5, 0.6) is 0 Å². The van der Waals surface area contributed by atoms with Crippen molar-refractivity contribution in [3.63, 3.8) is 0 Å². The lowest BCUT2D eigenvalue weighted by Gasteiger charge is -2.44. The van der Waals surface area contributed by atoms with Crippen LogP contribution in [0.15, 0.2) is 0 Å². The Hall–Kier alpha value is -1.06. The van der Waals surface area contributed by atoms with Crippen LogP contribution < -0.4 is 5.32 Å². The van der Waals surface area contributed by atoms with E-state index in [1.165, 1.54) is 0 Å². The fraction of sp³-hybridized carbons (Fsp3) is 0.857. The van der Waals surface area contributed by atoms with Gasteiger partial charge in [-0.2, -0.15) is 0 Å². The molecule has 0 unspecified atom stereocenters. The van der Waals surface area contributed by atoms with Crippen molar-refractivity contribution in [2.24, 2.45) is 17.3 Å². The number of carboxylic acids is 1. The molecule has 0 aliphatic heterocycles. The Morgan fingerprint density at radius 1 is 1.33 bits per heavy atom. The summed E-state index contributed by atoms with van der Waals surface area (Å²) in [7, 11) is 0. The van der Waals surface area contributed by atoms with Crippen LogP contribution in [0.1, 0.15) is 52.4 Å². The van der Waals surface area contributed by atoms with Gasteiger partial charge in [0.15, 0.2) is 0 Å². The molecule has 0 bridgehead atoms. The van der Waals surface area contributed by atoms with Gasteiger partial charge in [-0.15, -0.1) is 0 Å². The Kier molecular flexibility index (Phi) is 3.64. The van der Waals surface area contributed by atoms with Gasteiger partial charge in [0.05, 0.1) is 5.92 Å². The molecule has 1 amide bonds. The normalized spacial score (nSPS) is 29.3. The summed E-state index contributed by atoms with van der Waals surface area (Å²) in [5, 5.41) is 11.9. The summed E-state index contributed by atoms with van der Waals surface area (Å²) in [5.41, 5.74) is -0.150. The predicted molar refractivity (Wildman–Crippen MR) is 68.0 cm³/mol. The largest absolute Gasteiger partial charge is 0.481 e. The lowest BCUT2D eigenvalue weighted by Crippen LogP contribution is -2.54. The van der Waals surface area contributed by atoms with Gasteiger partial charge in [0.1, 0.15) is 0 Å². The molecule has 102 valence electrons. The maximum atomic E-state index is 12.3. The number of hydrogen-bond acceptors (Lipinski definition) is 2. The van der Waals surface area contributed by atoms with Gasteiger partial charge in [-0.3, -0.25) is 9.59 Å². The number of carbonyl (C=O) groups excluding carboxylic acids is 1. The molecule has 18 heavy (non-hydrogen) atoms. The highest BCUT2D eigenvalue weighted by Crippen LogP contribution is 2.46. The average molecular weight is 253 g/mol. The summed E-state index contributed by atoms with van der Waals surface area (Å²) in [5.74, 6) is -0.292. The van der Waals surface area contributed by atoms with E-state index >= 15 is 0 Å². The molecule has 0 aromatic carbocycles. The van der Waals surface area contributed by atoms with E-state index in [4.69, 9.17) is 5.11 Å². The van der Waals surface area contributed by atoms with Gasteiger partial charge in [0.25, 0.3) is 0 Å². The van der Waals surface area contributed by atoms with Gasteiger partial charge in [0, 0.05) is 11.5 Å². The Balaban J connectivity index is 1.83. The van der Waals surface area contributed by atoms with Crippen LogP contribution in [0.4, 0.5) is 0 Å². The van der Waals surface area contributed by atoms with E-state index in [1.807, 2.05) is 0 Å². The van der Waals surface area contributed by atoms with E-state index < -0.39 is 5.97 Å². The van der Waals surface area contributed by atoms with E-state index in [-0.39, 0.29) is 23.3 Å².